The number of hydrogen-bond donors (Lipinski definition) is 1. The van der Waals surface area contributed by atoms with Gasteiger partial charge in [-0.1, -0.05) is 13.8 Å². The molecule has 1 aliphatic carbocycles. The van der Waals surface area contributed by atoms with Crippen LogP contribution in [0.2, 0.25) is 0 Å². The van der Waals surface area contributed by atoms with Gasteiger partial charge in [-0.2, -0.15) is 0 Å². The van der Waals surface area contributed by atoms with Crippen molar-refractivity contribution in [1.29, 1.82) is 0 Å². The van der Waals surface area contributed by atoms with Gasteiger partial charge in [0.1, 0.15) is 11.5 Å². The number of rotatable bonds is 2. The largest absolute Gasteiger partial charge is 0.466 e. The molecule has 1 unspecified atom stereocenters. The van der Waals surface area contributed by atoms with Crippen LogP contribution in [0.4, 0.5) is 0 Å². The molecule has 2 rings (SSSR count). The van der Waals surface area contributed by atoms with Gasteiger partial charge in [0.15, 0.2) is 0 Å². The molecule has 0 radical (unpaired) electrons. The Hall–Kier alpha value is -0.810. The molecule has 1 aliphatic rings. The maximum Gasteiger partial charge on any atom is 0.209 e. The molecule has 0 aliphatic heterocycles. The summed E-state index contributed by atoms with van der Waals surface area (Å²) < 4.78 is 31.1. The van der Waals surface area contributed by atoms with E-state index in [0.717, 1.165) is 29.9 Å². The fourth-order valence-electron chi connectivity index (χ4n) is 2.55. The lowest BCUT2D eigenvalue weighted by Gasteiger charge is -2.34. The standard InChI is InChI=1S/C12H19NO3S/c1-8-5-9-10(13-17(4,14)15)6-12(2,3)7-11(9)16-8/h5,10,13H,6-7H2,1-4H3. The van der Waals surface area contributed by atoms with Crippen molar-refractivity contribution in [3.05, 3.63) is 23.2 Å². The second-order valence-corrected chi connectivity index (χ2v) is 7.50. The molecule has 17 heavy (non-hydrogen) atoms. The normalized spacial score (nSPS) is 23.4. The Kier molecular flexibility index (Phi) is 2.86. The number of nitrogens with one attached hydrogen (secondary N) is 1. The van der Waals surface area contributed by atoms with Crippen molar-refractivity contribution in [3.8, 4) is 0 Å². The zero-order chi connectivity index (χ0) is 12.8. The van der Waals surface area contributed by atoms with Crippen LogP contribution >= 0.6 is 0 Å². The van der Waals surface area contributed by atoms with Crippen molar-refractivity contribution < 1.29 is 12.8 Å². The molecule has 0 saturated carbocycles. The third-order valence-corrected chi connectivity index (χ3v) is 3.81. The highest BCUT2D eigenvalue weighted by atomic mass is 32.2. The number of furan rings is 1. The maximum atomic E-state index is 11.4. The summed E-state index contributed by atoms with van der Waals surface area (Å²) in [4.78, 5) is 0. The van der Waals surface area contributed by atoms with E-state index in [2.05, 4.69) is 18.6 Å². The minimum atomic E-state index is -3.20. The first-order chi connectivity index (χ1) is 7.66. The van der Waals surface area contributed by atoms with Gasteiger partial charge < -0.3 is 4.42 Å². The molecule has 4 nitrogen and oxygen atoms in total. The Morgan fingerprint density at radius 2 is 2.12 bits per heavy atom. The SMILES string of the molecule is Cc1cc2c(o1)CC(C)(C)CC2NS(C)(=O)=O. The minimum Gasteiger partial charge on any atom is -0.466 e. The molecule has 0 spiro atoms. The van der Waals surface area contributed by atoms with Gasteiger partial charge in [0.05, 0.1) is 12.3 Å². The van der Waals surface area contributed by atoms with Crippen LogP contribution < -0.4 is 4.72 Å². The van der Waals surface area contributed by atoms with Crippen molar-refractivity contribution >= 4 is 10.0 Å². The maximum absolute atomic E-state index is 11.4. The van der Waals surface area contributed by atoms with Gasteiger partial charge in [-0.3, -0.25) is 0 Å². The molecule has 0 amide bonds. The zero-order valence-electron chi connectivity index (χ0n) is 10.7. The molecule has 96 valence electrons. The van der Waals surface area contributed by atoms with E-state index >= 15 is 0 Å². The lowest BCUT2D eigenvalue weighted by atomic mass is 9.75. The number of fused-ring (bicyclic) bond motifs is 1. The number of sulfonamides is 1. The number of aryl methyl sites for hydroxylation is 1. The summed E-state index contributed by atoms with van der Waals surface area (Å²) >= 11 is 0. The fraction of sp³-hybridized carbons (Fsp3) is 0.667. The lowest BCUT2D eigenvalue weighted by molar-refractivity contribution is 0.247. The van der Waals surface area contributed by atoms with Crippen molar-refractivity contribution in [3.63, 3.8) is 0 Å². The first-order valence-electron chi connectivity index (χ1n) is 5.73. The van der Waals surface area contributed by atoms with Crippen molar-refractivity contribution in [1.82, 2.24) is 4.72 Å². The second kappa shape index (κ2) is 3.85. The van der Waals surface area contributed by atoms with Gasteiger partial charge in [-0.15, -0.1) is 0 Å². The van der Waals surface area contributed by atoms with Crippen LogP contribution in [-0.4, -0.2) is 14.7 Å². The third kappa shape index (κ3) is 2.90. The van der Waals surface area contributed by atoms with E-state index in [9.17, 15) is 8.42 Å². The first kappa shape index (κ1) is 12.6. The van der Waals surface area contributed by atoms with E-state index in [0.29, 0.717) is 0 Å². The van der Waals surface area contributed by atoms with Crippen LogP contribution in [-0.2, 0) is 16.4 Å². The Morgan fingerprint density at radius 1 is 1.47 bits per heavy atom. The summed E-state index contributed by atoms with van der Waals surface area (Å²) in [6.07, 6.45) is 2.85. The van der Waals surface area contributed by atoms with E-state index in [4.69, 9.17) is 4.42 Å². The second-order valence-electron chi connectivity index (χ2n) is 5.72. The highest BCUT2D eigenvalue weighted by molar-refractivity contribution is 7.88. The number of hydrogen-bond acceptors (Lipinski definition) is 3. The molecule has 1 atom stereocenters. The van der Waals surface area contributed by atoms with E-state index in [1.54, 1.807) is 0 Å². The van der Waals surface area contributed by atoms with Gasteiger partial charge in [0.25, 0.3) is 0 Å². The molecule has 1 aromatic heterocycles. The quantitative estimate of drug-likeness (QED) is 0.883. The van der Waals surface area contributed by atoms with Crippen LogP contribution in [0.5, 0.6) is 0 Å². The van der Waals surface area contributed by atoms with E-state index in [-0.39, 0.29) is 11.5 Å². The molecule has 0 bridgehead atoms. The molecule has 1 aromatic rings. The van der Waals surface area contributed by atoms with Gasteiger partial charge in [0, 0.05) is 12.0 Å². The molecule has 1 heterocycles. The zero-order valence-corrected chi connectivity index (χ0v) is 11.5. The topological polar surface area (TPSA) is 59.3 Å². The molecule has 5 heteroatoms. The fourth-order valence-corrected chi connectivity index (χ4v) is 3.28. The van der Waals surface area contributed by atoms with Gasteiger partial charge >= 0.3 is 0 Å². The van der Waals surface area contributed by atoms with Crippen LogP contribution in [0.15, 0.2) is 10.5 Å². The van der Waals surface area contributed by atoms with Crippen molar-refractivity contribution in [2.45, 2.75) is 39.7 Å². The predicted molar refractivity (Wildman–Crippen MR) is 66.3 cm³/mol. The summed E-state index contributed by atoms with van der Waals surface area (Å²) in [5.41, 5.74) is 1.05. The molecular formula is C12H19NO3S. The van der Waals surface area contributed by atoms with Crippen LogP contribution in [0.3, 0.4) is 0 Å². The van der Waals surface area contributed by atoms with Gasteiger partial charge in [-0.25, -0.2) is 13.1 Å². The lowest BCUT2D eigenvalue weighted by Crippen LogP contribution is -2.35. The summed E-state index contributed by atoms with van der Waals surface area (Å²) in [5.74, 6) is 1.76. The summed E-state index contributed by atoms with van der Waals surface area (Å²) in [5, 5.41) is 0. The highest BCUT2D eigenvalue weighted by Crippen LogP contribution is 2.42. The Bertz CT molecular complexity index is 528. The third-order valence-electron chi connectivity index (χ3n) is 3.09. The van der Waals surface area contributed by atoms with Crippen LogP contribution in [0.1, 0.15) is 43.4 Å². The van der Waals surface area contributed by atoms with E-state index < -0.39 is 10.0 Å². The summed E-state index contributed by atoms with van der Waals surface area (Å²) in [7, 11) is -3.20. The highest BCUT2D eigenvalue weighted by Gasteiger charge is 2.35. The first-order valence-corrected chi connectivity index (χ1v) is 7.62. The Balaban J connectivity index is 2.39. The average Bonchev–Trinajstić information content (AvgIpc) is 2.40. The molecule has 0 aromatic carbocycles. The van der Waals surface area contributed by atoms with E-state index in [1.807, 2.05) is 13.0 Å². The Morgan fingerprint density at radius 3 is 2.71 bits per heavy atom. The predicted octanol–water partition coefficient (Wildman–Crippen LogP) is 2.15. The molecule has 1 N–H and O–H groups in total. The Labute approximate surface area is 102 Å². The monoisotopic (exact) mass is 257 g/mol. The van der Waals surface area contributed by atoms with Crippen LogP contribution in [0, 0.1) is 12.3 Å². The van der Waals surface area contributed by atoms with Crippen molar-refractivity contribution in [2.24, 2.45) is 5.41 Å². The molecular weight excluding hydrogens is 238 g/mol. The molecule has 0 fully saturated rings. The molecule has 0 saturated heterocycles. The summed E-state index contributed by atoms with van der Waals surface area (Å²) in [6, 6.07) is 1.77. The average molecular weight is 257 g/mol. The van der Waals surface area contributed by atoms with E-state index in [1.165, 1.54) is 6.26 Å². The smallest absolute Gasteiger partial charge is 0.209 e. The minimum absolute atomic E-state index is 0.0552. The van der Waals surface area contributed by atoms with Gasteiger partial charge in [-0.05, 0) is 24.8 Å². The van der Waals surface area contributed by atoms with Gasteiger partial charge in [0.2, 0.25) is 10.0 Å². The van der Waals surface area contributed by atoms with Crippen molar-refractivity contribution in [2.75, 3.05) is 6.26 Å². The summed E-state index contributed by atoms with van der Waals surface area (Å²) in [6.45, 7) is 6.15. The van der Waals surface area contributed by atoms with Crippen LogP contribution in [0.25, 0.3) is 0 Å².